The summed E-state index contributed by atoms with van der Waals surface area (Å²) in [5.74, 6) is -3.18. The van der Waals surface area contributed by atoms with Crippen LogP contribution in [0.5, 0.6) is 0 Å². The van der Waals surface area contributed by atoms with Gasteiger partial charge in [-0.15, -0.1) is 0 Å². The van der Waals surface area contributed by atoms with Crippen molar-refractivity contribution in [2.45, 2.75) is 12.0 Å². The fourth-order valence-electron chi connectivity index (χ4n) is 1.78. The standard InChI is InChI=1S/C11H11F2N3O4/c12-6-3-7(13)9(16(18)19)4-8(6)15-10(17)11(14)1-2-20-5-11/h3-4H,1-2,5,14H2,(H,15,17). The van der Waals surface area contributed by atoms with Gasteiger partial charge in [0.25, 0.3) is 0 Å². The summed E-state index contributed by atoms with van der Waals surface area (Å²) in [5, 5.41) is 12.7. The van der Waals surface area contributed by atoms with Gasteiger partial charge in [-0.2, -0.15) is 4.39 Å². The van der Waals surface area contributed by atoms with Crippen LogP contribution in [0.4, 0.5) is 20.2 Å². The van der Waals surface area contributed by atoms with Crippen LogP contribution in [0, 0.1) is 21.7 Å². The Hall–Kier alpha value is -2.13. The molecule has 9 heteroatoms. The number of rotatable bonds is 3. The van der Waals surface area contributed by atoms with E-state index in [9.17, 15) is 23.7 Å². The van der Waals surface area contributed by atoms with Crippen LogP contribution in [0.2, 0.25) is 0 Å². The highest BCUT2D eigenvalue weighted by atomic mass is 19.1. The zero-order chi connectivity index (χ0) is 14.9. The number of nitrogens with two attached hydrogens (primary N) is 1. The zero-order valence-electron chi connectivity index (χ0n) is 10.2. The Morgan fingerprint density at radius 1 is 1.45 bits per heavy atom. The number of carbonyl (C=O) groups excluding carboxylic acids is 1. The first-order valence-electron chi connectivity index (χ1n) is 5.65. The summed E-state index contributed by atoms with van der Waals surface area (Å²) in [6.45, 7) is 0.250. The molecule has 0 saturated carbocycles. The summed E-state index contributed by atoms with van der Waals surface area (Å²) in [6, 6.07) is 0.948. The zero-order valence-corrected chi connectivity index (χ0v) is 10.2. The Morgan fingerprint density at radius 3 is 2.70 bits per heavy atom. The van der Waals surface area contributed by atoms with Gasteiger partial charge in [0, 0.05) is 18.7 Å². The predicted octanol–water partition coefficient (Wildman–Crippen LogP) is 0.929. The Morgan fingerprint density at radius 2 is 2.15 bits per heavy atom. The highest BCUT2D eigenvalue weighted by Crippen LogP contribution is 2.26. The molecule has 0 spiro atoms. The summed E-state index contributed by atoms with van der Waals surface area (Å²) < 4.78 is 31.7. The van der Waals surface area contributed by atoms with Crippen LogP contribution in [-0.4, -0.2) is 29.6 Å². The lowest BCUT2D eigenvalue weighted by Crippen LogP contribution is -2.51. The number of halogens is 2. The Labute approximate surface area is 111 Å². The number of anilines is 1. The van der Waals surface area contributed by atoms with Crippen LogP contribution in [0.15, 0.2) is 12.1 Å². The van der Waals surface area contributed by atoms with Crippen LogP contribution < -0.4 is 11.1 Å². The van der Waals surface area contributed by atoms with Gasteiger partial charge in [0.1, 0.15) is 11.4 Å². The number of carbonyl (C=O) groups is 1. The molecule has 1 fully saturated rings. The van der Waals surface area contributed by atoms with Gasteiger partial charge < -0.3 is 15.8 Å². The van der Waals surface area contributed by atoms with Crippen molar-refractivity contribution in [3.05, 3.63) is 33.9 Å². The van der Waals surface area contributed by atoms with Crippen LogP contribution in [0.3, 0.4) is 0 Å². The fraction of sp³-hybridized carbons (Fsp3) is 0.364. The molecule has 2 rings (SSSR count). The van der Waals surface area contributed by atoms with Crippen molar-refractivity contribution in [2.75, 3.05) is 18.5 Å². The van der Waals surface area contributed by atoms with E-state index in [1.165, 1.54) is 0 Å². The minimum Gasteiger partial charge on any atom is -0.379 e. The van der Waals surface area contributed by atoms with Crippen LogP contribution in [0.1, 0.15) is 6.42 Å². The van der Waals surface area contributed by atoms with E-state index in [2.05, 4.69) is 5.32 Å². The molecule has 3 N–H and O–H groups in total. The maximum atomic E-state index is 13.5. The highest BCUT2D eigenvalue weighted by Gasteiger charge is 2.38. The summed E-state index contributed by atoms with van der Waals surface area (Å²) >= 11 is 0. The molecular weight excluding hydrogens is 276 g/mol. The first-order valence-corrected chi connectivity index (χ1v) is 5.65. The van der Waals surface area contributed by atoms with Crippen molar-refractivity contribution in [2.24, 2.45) is 5.73 Å². The van der Waals surface area contributed by atoms with Gasteiger partial charge in [-0.25, -0.2) is 4.39 Å². The Bertz CT molecular complexity index is 573. The summed E-state index contributed by atoms with van der Waals surface area (Å²) in [5.41, 5.74) is 3.00. The molecule has 1 aromatic carbocycles. The average Bonchev–Trinajstić information content (AvgIpc) is 2.80. The topological polar surface area (TPSA) is 107 Å². The molecule has 1 heterocycles. The monoisotopic (exact) mass is 287 g/mol. The van der Waals surface area contributed by atoms with E-state index in [0.717, 1.165) is 0 Å². The Kier molecular flexibility index (Phi) is 3.64. The van der Waals surface area contributed by atoms with Gasteiger partial charge >= 0.3 is 5.69 Å². The minimum atomic E-state index is -1.32. The molecule has 1 aliphatic heterocycles. The number of nitro benzene ring substituents is 1. The number of hydrogen-bond donors (Lipinski definition) is 2. The molecule has 0 aliphatic carbocycles. The van der Waals surface area contributed by atoms with Crippen molar-refractivity contribution in [1.29, 1.82) is 0 Å². The van der Waals surface area contributed by atoms with Gasteiger partial charge in [-0.05, 0) is 6.42 Å². The van der Waals surface area contributed by atoms with E-state index < -0.39 is 39.4 Å². The van der Waals surface area contributed by atoms with E-state index in [-0.39, 0.29) is 19.6 Å². The average molecular weight is 287 g/mol. The van der Waals surface area contributed by atoms with Gasteiger partial charge in [0.2, 0.25) is 11.7 Å². The highest BCUT2D eigenvalue weighted by molar-refractivity contribution is 5.98. The molecule has 0 aromatic heterocycles. The molecule has 108 valence electrons. The summed E-state index contributed by atoms with van der Waals surface area (Å²) in [6.07, 6.45) is 0.240. The third-order valence-corrected chi connectivity index (χ3v) is 2.99. The van der Waals surface area contributed by atoms with Crippen molar-refractivity contribution < 1.29 is 23.2 Å². The van der Waals surface area contributed by atoms with Gasteiger partial charge in [-0.1, -0.05) is 0 Å². The smallest absolute Gasteiger partial charge is 0.307 e. The third kappa shape index (κ3) is 2.58. The molecule has 1 amide bonds. The number of benzene rings is 1. The number of ether oxygens (including phenoxy) is 1. The summed E-state index contributed by atoms with van der Waals surface area (Å²) in [4.78, 5) is 21.5. The van der Waals surface area contributed by atoms with Crippen LogP contribution in [0.25, 0.3) is 0 Å². The lowest BCUT2D eigenvalue weighted by molar-refractivity contribution is -0.387. The van der Waals surface area contributed by atoms with Crippen molar-refractivity contribution in [3.8, 4) is 0 Å². The second kappa shape index (κ2) is 5.10. The van der Waals surface area contributed by atoms with Gasteiger partial charge in [0.05, 0.1) is 17.2 Å². The second-order valence-corrected chi connectivity index (χ2v) is 4.45. The van der Waals surface area contributed by atoms with Crippen LogP contribution >= 0.6 is 0 Å². The quantitative estimate of drug-likeness (QED) is 0.635. The maximum absolute atomic E-state index is 13.5. The lowest BCUT2D eigenvalue weighted by atomic mass is 9.99. The predicted molar refractivity (Wildman–Crippen MR) is 64.0 cm³/mol. The molecule has 1 atom stereocenters. The molecule has 1 unspecified atom stereocenters. The number of amides is 1. The molecule has 1 aromatic rings. The molecule has 1 aliphatic rings. The number of hydrogen-bond acceptors (Lipinski definition) is 5. The minimum absolute atomic E-state index is 0.0380. The van der Waals surface area contributed by atoms with E-state index in [1.807, 2.05) is 0 Å². The molecule has 1 saturated heterocycles. The lowest BCUT2D eigenvalue weighted by Gasteiger charge is -2.20. The number of nitrogens with one attached hydrogen (secondary N) is 1. The van der Waals surface area contributed by atoms with Crippen molar-refractivity contribution >= 4 is 17.3 Å². The molecule has 0 bridgehead atoms. The van der Waals surface area contributed by atoms with Gasteiger partial charge in [-0.3, -0.25) is 14.9 Å². The normalized spacial score (nSPS) is 21.8. The maximum Gasteiger partial charge on any atom is 0.307 e. The van der Waals surface area contributed by atoms with E-state index in [0.29, 0.717) is 12.1 Å². The number of nitro groups is 1. The molecule has 0 radical (unpaired) electrons. The number of nitrogens with zero attached hydrogens (tertiary/aromatic N) is 1. The fourth-order valence-corrected chi connectivity index (χ4v) is 1.78. The van der Waals surface area contributed by atoms with Gasteiger partial charge in [0.15, 0.2) is 0 Å². The van der Waals surface area contributed by atoms with Crippen molar-refractivity contribution in [3.63, 3.8) is 0 Å². The first kappa shape index (κ1) is 14.3. The van der Waals surface area contributed by atoms with E-state index in [1.54, 1.807) is 0 Å². The third-order valence-electron chi connectivity index (χ3n) is 2.99. The summed E-state index contributed by atoms with van der Waals surface area (Å²) in [7, 11) is 0. The molecular formula is C11H11F2N3O4. The Balaban J connectivity index is 2.27. The van der Waals surface area contributed by atoms with E-state index in [4.69, 9.17) is 10.5 Å². The largest absolute Gasteiger partial charge is 0.379 e. The second-order valence-electron chi connectivity index (χ2n) is 4.45. The molecule has 20 heavy (non-hydrogen) atoms. The molecule has 7 nitrogen and oxygen atoms in total. The van der Waals surface area contributed by atoms with Crippen LogP contribution in [-0.2, 0) is 9.53 Å². The van der Waals surface area contributed by atoms with Crippen molar-refractivity contribution in [1.82, 2.24) is 0 Å². The van der Waals surface area contributed by atoms with E-state index >= 15 is 0 Å². The first-order chi connectivity index (χ1) is 9.33. The SMILES string of the molecule is NC1(C(=O)Nc2cc([N+](=O)[O-])c(F)cc2F)CCOC1.